The Bertz CT molecular complexity index is 432. The molecule has 0 aliphatic heterocycles. The van der Waals surface area contributed by atoms with Crippen LogP contribution in [0.5, 0.6) is 0 Å². The molecule has 1 aliphatic carbocycles. The SMILES string of the molecule is CC1(C)CC(=O)CC(=[NH+]CCCn2ccnc2)C1. The van der Waals surface area contributed by atoms with Gasteiger partial charge in [0.1, 0.15) is 12.3 Å². The first-order valence-electron chi connectivity index (χ1n) is 6.61. The molecule has 0 spiro atoms. The summed E-state index contributed by atoms with van der Waals surface area (Å²) in [6.07, 6.45) is 9.01. The minimum Gasteiger partial charge on any atom is -0.337 e. The highest BCUT2D eigenvalue weighted by atomic mass is 16.1. The van der Waals surface area contributed by atoms with Crippen LogP contribution in [0.4, 0.5) is 0 Å². The van der Waals surface area contributed by atoms with Crippen molar-refractivity contribution >= 4 is 11.5 Å². The number of hydrogen-bond donors (Lipinski definition) is 1. The second-order valence-electron chi connectivity index (χ2n) is 5.92. The predicted octanol–water partition coefficient (Wildman–Crippen LogP) is 0.574. The minimum absolute atomic E-state index is 0.127. The quantitative estimate of drug-likeness (QED) is 0.792. The summed E-state index contributed by atoms with van der Waals surface area (Å²) in [5.41, 5.74) is 1.34. The van der Waals surface area contributed by atoms with Crippen molar-refractivity contribution in [2.75, 3.05) is 6.54 Å². The van der Waals surface area contributed by atoms with Crippen LogP contribution in [0.3, 0.4) is 0 Å². The highest BCUT2D eigenvalue weighted by molar-refractivity contribution is 6.02. The number of rotatable bonds is 4. The van der Waals surface area contributed by atoms with Crippen LogP contribution >= 0.6 is 0 Å². The third-order valence-electron chi connectivity index (χ3n) is 3.31. The average Bonchev–Trinajstić information content (AvgIpc) is 2.74. The molecule has 0 amide bonds. The van der Waals surface area contributed by atoms with Crippen molar-refractivity contribution < 1.29 is 9.79 Å². The molecule has 0 atom stereocenters. The highest BCUT2D eigenvalue weighted by Gasteiger charge is 2.32. The number of nitrogens with one attached hydrogen (secondary N) is 1. The van der Waals surface area contributed by atoms with E-state index in [1.54, 1.807) is 6.20 Å². The van der Waals surface area contributed by atoms with E-state index < -0.39 is 0 Å². The molecule has 1 heterocycles. The number of aryl methyl sites for hydroxylation is 1. The monoisotopic (exact) mass is 248 g/mol. The van der Waals surface area contributed by atoms with Crippen molar-refractivity contribution in [3.8, 4) is 0 Å². The number of carbonyl (C=O) groups excluding carboxylic acids is 1. The number of imidazole rings is 1. The molecule has 18 heavy (non-hydrogen) atoms. The molecule has 1 aliphatic rings. The van der Waals surface area contributed by atoms with Crippen molar-refractivity contribution in [1.82, 2.24) is 9.55 Å². The van der Waals surface area contributed by atoms with E-state index in [4.69, 9.17) is 0 Å². The summed E-state index contributed by atoms with van der Waals surface area (Å²) >= 11 is 0. The largest absolute Gasteiger partial charge is 0.337 e. The zero-order valence-corrected chi connectivity index (χ0v) is 11.3. The molecule has 0 unspecified atom stereocenters. The van der Waals surface area contributed by atoms with E-state index in [0.717, 1.165) is 25.9 Å². The van der Waals surface area contributed by atoms with Crippen LogP contribution in [0.1, 0.15) is 39.5 Å². The van der Waals surface area contributed by atoms with E-state index >= 15 is 0 Å². The Kier molecular flexibility index (Phi) is 3.94. The van der Waals surface area contributed by atoms with Crippen molar-refractivity contribution in [3.05, 3.63) is 18.7 Å². The van der Waals surface area contributed by atoms with Gasteiger partial charge in [0, 0.05) is 38.2 Å². The number of nitrogens with zero attached hydrogens (tertiary/aromatic N) is 2. The van der Waals surface area contributed by atoms with Crippen LogP contribution in [0, 0.1) is 5.41 Å². The van der Waals surface area contributed by atoms with Crippen molar-refractivity contribution in [3.63, 3.8) is 0 Å². The summed E-state index contributed by atoms with van der Waals surface area (Å²) in [4.78, 5) is 19.1. The number of aromatic nitrogens is 2. The van der Waals surface area contributed by atoms with Crippen LogP contribution in [-0.4, -0.2) is 27.6 Å². The summed E-state index contributed by atoms with van der Waals surface area (Å²) in [6, 6.07) is 0. The van der Waals surface area contributed by atoms with Gasteiger partial charge in [-0.15, -0.1) is 0 Å². The maximum absolute atomic E-state index is 11.6. The Morgan fingerprint density at radius 3 is 2.94 bits per heavy atom. The molecule has 1 aromatic heterocycles. The smallest absolute Gasteiger partial charge is 0.158 e. The molecule has 0 aromatic carbocycles. The minimum atomic E-state index is 0.127. The Hall–Kier alpha value is -1.45. The first kappa shape index (κ1) is 13.0. The van der Waals surface area contributed by atoms with Crippen molar-refractivity contribution in [2.24, 2.45) is 5.41 Å². The Labute approximate surface area is 108 Å². The highest BCUT2D eigenvalue weighted by Crippen LogP contribution is 2.30. The van der Waals surface area contributed by atoms with Crippen LogP contribution in [0.2, 0.25) is 0 Å². The number of ketones is 1. The zero-order chi connectivity index (χ0) is 13.0. The van der Waals surface area contributed by atoms with Crippen LogP contribution in [0.15, 0.2) is 18.7 Å². The fraction of sp³-hybridized carbons (Fsp3) is 0.643. The van der Waals surface area contributed by atoms with Crippen molar-refractivity contribution in [1.29, 1.82) is 0 Å². The summed E-state index contributed by atoms with van der Waals surface area (Å²) in [5.74, 6) is 0.364. The normalized spacial score (nSPS) is 21.4. The molecular formula is C14H22N3O+. The summed E-state index contributed by atoms with van der Waals surface area (Å²) in [6.45, 7) is 6.23. The topological polar surface area (TPSA) is 48.9 Å². The van der Waals surface area contributed by atoms with Gasteiger partial charge in [0.05, 0.1) is 12.7 Å². The van der Waals surface area contributed by atoms with Gasteiger partial charge in [0.15, 0.2) is 5.71 Å². The number of carbonyl (C=O) groups is 1. The lowest BCUT2D eigenvalue weighted by atomic mass is 9.76. The number of hydrogen-bond acceptors (Lipinski definition) is 2. The second-order valence-corrected chi connectivity index (χ2v) is 5.92. The van der Waals surface area contributed by atoms with Crippen molar-refractivity contribution in [2.45, 2.75) is 46.1 Å². The van der Waals surface area contributed by atoms with E-state index in [1.807, 2.05) is 12.5 Å². The van der Waals surface area contributed by atoms with Gasteiger partial charge in [-0.05, 0) is 5.41 Å². The molecule has 1 fully saturated rings. The molecular weight excluding hydrogens is 226 g/mol. The fourth-order valence-corrected chi connectivity index (χ4v) is 2.61. The third-order valence-corrected chi connectivity index (χ3v) is 3.31. The standard InChI is InChI=1S/C14H21N3O/c1-14(2)9-12(8-13(18)10-14)16-4-3-6-17-7-5-15-11-17/h5,7,11H,3-4,6,8-10H2,1-2H3/p+1. The average molecular weight is 248 g/mol. The van der Waals surface area contributed by atoms with Crippen LogP contribution < -0.4 is 4.99 Å². The molecule has 1 saturated carbocycles. The molecule has 1 aromatic rings. The zero-order valence-electron chi connectivity index (χ0n) is 11.3. The van der Waals surface area contributed by atoms with Gasteiger partial charge >= 0.3 is 0 Å². The molecule has 98 valence electrons. The van der Waals surface area contributed by atoms with E-state index in [9.17, 15) is 4.79 Å². The van der Waals surface area contributed by atoms with Gasteiger partial charge in [-0.2, -0.15) is 0 Å². The molecule has 2 rings (SSSR count). The van der Waals surface area contributed by atoms with Crippen LogP contribution in [-0.2, 0) is 11.3 Å². The van der Waals surface area contributed by atoms with Gasteiger partial charge in [-0.3, -0.25) is 4.79 Å². The van der Waals surface area contributed by atoms with Gasteiger partial charge in [0.2, 0.25) is 0 Å². The summed E-state index contributed by atoms with van der Waals surface area (Å²) in [5, 5.41) is 0. The first-order valence-corrected chi connectivity index (χ1v) is 6.61. The van der Waals surface area contributed by atoms with E-state index in [-0.39, 0.29) is 5.41 Å². The second kappa shape index (κ2) is 5.46. The maximum Gasteiger partial charge on any atom is 0.158 e. The van der Waals surface area contributed by atoms with Gasteiger partial charge in [-0.25, -0.2) is 9.98 Å². The molecule has 0 bridgehead atoms. The van der Waals surface area contributed by atoms with Gasteiger partial charge in [-0.1, -0.05) is 13.8 Å². The Morgan fingerprint density at radius 1 is 1.44 bits per heavy atom. The number of Topliss-reactive ketones (excluding diaryl/α,β-unsaturated/α-hetero) is 1. The lowest BCUT2D eigenvalue weighted by Crippen LogP contribution is -2.74. The molecule has 0 radical (unpaired) electrons. The molecule has 4 heteroatoms. The van der Waals surface area contributed by atoms with Crippen LogP contribution in [0.25, 0.3) is 0 Å². The predicted molar refractivity (Wildman–Crippen MR) is 70.3 cm³/mol. The maximum atomic E-state index is 11.6. The first-order chi connectivity index (χ1) is 8.55. The summed E-state index contributed by atoms with van der Waals surface area (Å²) < 4.78 is 2.07. The lowest BCUT2D eigenvalue weighted by Gasteiger charge is -2.26. The molecule has 0 saturated heterocycles. The van der Waals surface area contributed by atoms with E-state index in [0.29, 0.717) is 18.6 Å². The lowest BCUT2D eigenvalue weighted by molar-refractivity contribution is -0.461. The van der Waals surface area contributed by atoms with Gasteiger partial charge in [0.25, 0.3) is 0 Å². The Balaban J connectivity index is 1.80. The summed E-state index contributed by atoms with van der Waals surface area (Å²) in [7, 11) is 0. The molecule has 1 N–H and O–H groups in total. The molecule has 4 nitrogen and oxygen atoms in total. The Morgan fingerprint density at radius 2 is 2.28 bits per heavy atom. The third kappa shape index (κ3) is 3.79. The fourth-order valence-electron chi connectivity index (χ4n) is 2.61. The van der Waals surface area contributed by atoms with Gasteiger partial charge < -0.3 is 4.57 Å². The van der Waals surface area contributed by atoms with E-state index in [1.165, 1.54) is 5.71 Å². The van der Waals surface area contributed by atoms with E-state index in [2.05, 4.69) is 28.4 Å².